The summed E-state index contributed by atoms with van der Waals surface area (Å²) in [6.45, 7) is 13.9. The van der Waals surface area contributed by atoms with Crippen LogP contribution < -0.4 is 0 Å². The maximum Gasteiger partial charge on any atom is 0.102 e. The maximum absolute atomic E-state index is 3.86. The van der Waals surface area contributed by atoms with Crippen LogP contribution in [0.3, 0.4) is 0 Å². The Bertz CT molecular complexity index is 111. The van der Waals surface area contributed by atoms with Crippen molar-refractivity contribution in [3.63, 3.8) is 0 Å². The zero-order valence-corrected chi connectivity index (χ0v) is 9.60. The molecule has 0 aliphatic rings. The van der Waals surface area contributed by atoms with E-state index in [1.807, 2.05) is 48.5 Å². The number of aromatic nitrogens is 2. The van der Waals surface area contributed by atoms with E-state index in [1.165, 1.54) is 0 Å². The summed E-state index contributed by atoms with van der Waals surface area (Å²) in [5.41, 5.74) is 0. The Morgan fingerprint density at radius 1 is 1.00 bits per heavy atom. The standard InChI is InChI=1S/C4H6N2.3C2H6/c1-4-5-2-3-6-4;3*1-2/h2-3H,1H3,(H,5,6);3*1-2H3. The van der Waals surface area contributed by atoms with Gasteiger partial charge in [0, 0.05) is 12.4 Å². The molecule has 0 amide bonds. The normalized spacial score (nSPS) is 5.92. The second-order valence-corrected chi connectivity index (χ2v) is 1.17. The zero-order chi connectivity index (χ0) is 10.4. The van der Waals surface area contributed by atoms with Crippen molar-refractivity contribution in [3.05, 3.63) is 18.2 Å². The minimum Gasteiger partial charge on any atom is -0.349 e. The lowest BCUT2D eigenvalue weighted by molar-refractivity contribution is 1.15. The fourth-order valence-electron chi connectivity index (χ4n) is 0.344. The van der Waals surface area contributed by atoms with Gasteiger partial charge in [0.2, 0.25) is 0 Å². The van der Waals surface area contributed by atoms with Gasteiger partial charge in [0.25, 0.3) is 0 Å². The number of hydrogen-bond acceptors (Lipinski definition) is 1. The predicted octanol–water partition coefficient (Wildman–Crippen LogP) is 3.80. The monoisotopic (exact) mass is 172 g/mol. The number of aryl methyl sites for hydroxylation is 1. The fraction of sp³-hybridized carbons (Fsp3) is 0.700. The summed E-state index contributed by atoms with van der Waals surface area (Å²) in [7, 11) is 0. The highest BCUT2D eigenvalue weighted by atomic mass is 14.9. The molecule has 1 N–H and O–H groups in total. The number of hydrogen-bond donors (Lipinski definition) is 1. The first kappa shape index (κ1) is 17.3. The van der Waals surface area contributed by atoms with E-state index >= 15 is 0 Å². The number of imidazole rings is 1. The summed E-state index contributed by atoms with van der Waals surface area (Å²) >= 11 is 0. The van der Waals surface area contributed by atoms with E-state index in [-0.39, 0.29) is 0 Å². The van der Waals surface area contributed by atoms with Crippen LogP contribution >= 0.6 is 0 Å². The summed E-state index contributed by atoms with van der Waals surface area (Å²) in [5, 5.41) is 0. The minimum absolute atomic E-state index is 0.968. The molecular weight excluding hydrogens is 148 g/mol. The molecule has 12 heavy (non-hydrogen) atoms. The Morgan fingerprint density at radius 2 is 1.42 bits per heavy atom. The first-order valence-corrected chi connectivity index (χ1v) is 4.85. The molecule has 0 aliphatic heterocycles. The molecule has 0 saturated heterocycles. The van der Waals surface area contributed by atoms with Gasteiger partial charge in [-0.05, 0) is 6.92 Å². The lowest BCUT2D eigenvalue weighted by Gasteiger charge is -1.68. The molecule has 1 rings (SSSR count). The van der Waals surface area contributed by atoms with Gasteiger partial charge in [0.1, 0.15) is 5.82 Å². The van der Waals surface area contributed by atoms with Crippen molar-refractivity contribution < 1.29 is 0 Å². The van der Waals surface area contributed by atoms with E-state index in [0.717, 1.165) is 5.82 Å². The predicted molar refractivity (Wildman–Crippen MR) is 57.4 cm³/mol. The molecule has 0 spiro atoms. The van der Waals surface area contributed by atoms with E-state index in [0.29, 0.717) is 0 Å². The van der Waals surface area contributed by atoms with Crippen molar-refractivity contribution in [1.82, 2.24) is 9.97 Å². The fourth-order valence-corrected chi connectivity index (χ4v) is 0.344. The van der Waals surface area contributed by atoms with Crippen molar-refractivity contribution in [2.24, 2.45) is 0 Å². The molecule has 2 nitrogen and oxygen atoms in total. The van der Waals surface area contributed by atoms with Gasteiger partial charge in [-0.25, -0.2) is 4.98 Å². The molecule has 0 aliphatic carbocycles. The highest BCUT2D eigenvalue weighted by Crippen LogP contribution is 1.78. The molecule has 2 heteroatoms. The molecule has 1 heterocycles. The summed E-state index contributed by atoms with van der Waals surface area (Å²) in [6, 6.07) is 0. The van der Waals surface area contributed by atoms with Gasteiger partial charge in [-0.2, -0.15) is 0 Å². The first-order chi connectivity index (χ1) is 5.89. The third-order valence-corrected chi connectivity index (χ3v) is 0.635. The van der Waals surface area contributed by atoms with Crippen LogP contribution in [0.4, 0.5) is 0 Å². The van der Waals surface area contributed by atoms with Crippen LogP contribution in [0, 0.1) is 6.92 Å². The lowest BCUT2D eigenvalue weighted by atomic mass is 10.8. The van der Waals surface area contributed by atoms with Crippen molar-refractivity contribution in [1.29, 1.82) is 0 Å². The Kier molecular flexibility index (Phi) is 32.4. The van der Waals surface area contributed by atoms with Crippen molar-refractivity contribution >= 4 is 0 Å². The van der Waals surface area contributed by atoms with E-state index in [1.54, 1.807) is 12.4 Å². The van der Waals surface area contributed by atoms with E-state index in [4.69, 9.17) is 0 Å². The third-order valence-electron chi connectivity index (χ3n) is 0.635. The summed E-state index contributed by atoms with van der Waals surface area (Å²) in [5.74, 6) is 0.968. The number of nitrogens with one attached hydrogen (secondary N) is 1. The highest BCUT2D eigenvalue weighted by molar-refractivity contribution is 4.80. The molecule has 74 valence electrons. The van der Waals surface area contributed by atoms with Gasteiger partial charge in [0.05, 0.1) is 0 Å². The maximum atomic E-state index is 3.86. The second-order valence-electron chi connectivity index (χ2n) is 1.17. The van der Waals surface area contributed by atoms with Gasteiger partial charge < -0.3 is 4.98 Å². The Morgan fingerprint density at radius 3 is 1.50 bits per heavy atom. The first-order valence-electron chi connectivity index (χ1n) is 4.85. The van der Waals surface area contributed by atoms with Crippen LogP contribution in [0.1, 0.15) is 47.4 Å². The van der Waals surface area contributed by atoms with E-state index in [2.05, 4.69) is 9.97 Å². The highest BCUT2D eigenvalue weighted by Gasteiger charge is 1.73. The van der Waals surface area contributed by atoms with Crippen LogP contribution in [-0.2, 0) is 0 Å². The Labute approximate surface area is 77.4 Å². The van der Waals surface area contributed by atoms with E-state index < -0.39 is 0 Å². The third kappa shape index (κ3) is 16.1. The van der Waals surface area contributed by atoms with Gasteiger partial charge in [-0.15, -0.1) is 0 Å². The van der Waals surface area contributed by atoms with Gasteiger partial charge >= 0.3 is 0 Å². The SMILES string of the molecule is CC.CC.CC.Cc1ncc[nH]1. The summed E-state index contributed by atoms with van der Waals surface area (Å²) < 4.78 is 0. The van der Waals surface area contributed by atoms with Crippen molar-refractivity contribution in [2.75, 3.05) is 0 Å². The van der Waals surface area contributed by atoms with Crippen molar-refractivity contribution in [2.45, 2.75) is 48.5 Å². The average molecular weight is 172 g/mol. The second kappa shape index (κ2) is 22.5. The van der Waals surface area contributed by atoms with Gasteiger partial charge in [-0.1, -0.05) is 41.5 Å². The molecule has 0 unspecified atom stereocenters. The summed E-state index contributed by atoms with van der Waals surface area (Å²) in [4.78, 5) is 6.75. The molecule has 1 aromatic rings. The summed E-state index contributed by atoms with van der Waals surface area (Å²) in [6.07, 6.45) is 3.53. The number of aromatic amines is 1. The number of H-pyrrole nitrogens is 1. The number of nitrogens with zero attached hydrogens (tertiary/aromatic N) is 1. The van der Waals surface area contributed by atoms with Crippen LogP contribution in [0.15, 0.2) is 12.4 Å². The molecule has 0 atom stereocenters. The van der Waals surface area contributed by atoms with Crippen LogP contribution in [0.2, 0.25) is 0 Å². The van der Waals surface area contributed by atoms with Gasteiger partial charge in [-0.3, -0.25) is 0 Å². The molecule has 0 fully saturated rings. The lowest BCUT2D eigenvalue weighted by Crippen LogP contribution is -1.66. The largest absolute Gasteiger partial charge is 0.349 e. The molecule has 0 saturated carbocycles. The molecule has 0 bridgehead atoms. The minimum atomic E-state index is 0.968. The van der Waals surface area contributed by atoms with Crippen molar-refractivity contribution in [3.8, 4) is 0 Å². The van der Waals surface area contributed by atoms with Gasteiger partial charge in [0.15, 0.2) is 0 Å². The Balaban J connectivity index is -0.000000117. The molecular formula is C10H24N2. The van der Waals surface area contributed by atoms with Crippen LogP contribution in [0.5, 0.6) is 0 Å². The quantitative estimate of drug-likeness (QED) is 0.633. The zero-order valence-electron chi connectivity index (χ0n) is 9.60. The Hall–Kier alpha value is -0.790. The smallest absolute Gasteiger partial charge is 0.102 e. The van der Waals surface area contributed by atoms with Crippen LogP contribution in [0.25, 0.3) is 0 Å². The topological polar surface area (TPSA) is 28.7 Å². The van der Waals surface area contributed by atoms with Crippen LogP contribution in [-0.4, -0.2) is 9.97 Å². The molecule has 0 radical (unpaired) electrons. The van der Waals surface area contributed by atoms with E-state index in [9.17, 15) is 0 Å². The number of rotatable bonds is 0. The molecule has 1 aromatic heterocycles. The average Bonchev–Trinajstić information content (AvgIpc) is 2.66. The molecule has 0 aromatic carbocycles.